The lowest BCUT2D eigenvalue weighted by Gasteiger charge is -2.24. The summed E-state index contributed by atoms with van der Waals surface area (Å²) < 4.78 is 0. The Hall–Kier alpha value is -5.60. The van der Waals surface area contributed by atoms with Crippen molar-refractivity contribution in [3.63, 3.8) is 0 Å². The Labute approximate surface area is 372 Å². The minimum Gasteiger partial charge on any atom is -0.255 e. The second kappa shape index (κ2) is 22.8. The van der Waals surface area contributed by atoms with Gasteiger partial charge < -0.3 is 0 Å². The highest BCUT2D eigenvalue weighted by Gasteiger charge is 2.19. The second-order valence-corrected chi connectivity index (χ2v) is 18.2. The number of hydrogen-bond donors (Lipinski definition) is 0. The first kappa shape index (κ1) is 53.4. The van der Waals surface area contributed by atoms with Crippen LogP contribution in [-0.4, -0.2) is 9.97 Å². The first-order valence-corrected chi connectivity index (χ1v) is 20.2. The highest BCUT2D eigenvalue weighted by atomic mass is 14.7. The van der Waals surface area contributed by atoms with Crippen molar-refractivity contribution in [3.05, 3.63) is 191 Å². The minimum atomic E-state index is 0. The summed E-state index contributed by atoms with van der Waals surface area (Å²) in [5.74, 6) is 0. The summed E-state index contributed by atoms with van der Waals surface area (Å²) in [4.78, 5) is 8.37. The second-order valence-electron chi connectivity index (χ2n) is 18.2. The van der Waals surface area contributed by atoms with Gasteiger partial charge in [-0.25, -0.2) is 0 Å². The zero-order chi connectivity index (χ0) is 41.4. The van der Waals surface area contributed by atoms with Gasteiger partial charge in [0.05, 0.1) is 11.4 Å². The molecule has 0 aliphatic rings. The largest absolute Gasteiger partial charge is 0.255 e. The Morgan fingerprint density at radius 3 is 1.26 bits per heavy atom. The topological polar surface area (TPSA) is 25.8 Å². The maximum absolute atomic E-state index is 4.19. The monoisotopic (exact) mass is 815 g/mol. The van der Waals surface area contributed by atoms with Crippen LogP contribution < -0.4 is 0 Å². The molecular formula is C59H78N2. The van der Waals surface area contributed by atoms with Crippen LogP contribution in [0.4, 0.5) is 0 Å². The highest BCUT2D eigenvalue weighted by Crippen LogP contribution is 2.33. The number of nitrogens with zero attached hydrogens (tertiary/aromatic N) is 2. The smallest absolute Gasteiger partial charge is 0.0886 e. The Morgan fingerprint density at radius 1 is 0.344 bits per heavy atom. The lowest BCUT2D eigenvalue weighted by Crippen LogP contribution is -2.13. The summed E-state index contributed by atoms with van der Waals surface area (Å²) in [6.07, 6.45) is 3.54. The fourth-order valence-corrected chi connectivity index (χ4v) is 7.10. The molecule has 0 N–H and O–H groups in total. The molecular weight excluding hydrogens is 737 g/mol. The van der Waals surface area contributed by atoms with Crippen molar-refractivity contribution in [2.45, 2.75) is 129 Å². The first-order chi connectivity index (χ1) is 26.9. The number of aromatic nitrogens is 2. The summed E-state index contributed by atoms with van der Waals surface area (Å²) in [7, 11) is 0. The highest BCUT2D eigenvalue weighted by molar-refractivity contribution is 5.90. The SMILES string of the molecule is C.C.C.C.CC(C)(C)c1ccc2ccccc2c1.Cc1cc(C(C)(C)C)c(C)c2ccccc12.Cc1cc(C(C)(C)C)cc2ccccc12.c1ccc(-c2ccccn2)nc1. The average Bonchev–Trinajstić information content (AvgIpc) is 3.19. The zero-order valence-corrected chi connectivity index (χ0v) is 36.4. The van der Waals surface area contributed by atoms with Crippen LogP contribution in [0.2, 0.25) is 0 Å². The van der Waals surface area contributed by atoms with E-state index in [-0.39, 0.29) is 46.0 Å². The van der Waals surface area contributed by atoms with Gasteiger partial charge >= 0.3 is 0 Å². The standard InChI is InChI=1S/C16H20.C15H18.C14H16.C10H8N2.4CH4/c1-11-10-15(16(3,4)5)12(2)14-9-7-6-8-13(11)14;1-11-9-13(15(2,3)4)10-12-7-5-6-8-14(11)12;1-14(2,3)13-9-8-11-6-4-5-7-12(11)10-13;1-3-7-11-9(5-1)10-6-2-4-8-12-10;;;;/h6-10H,1-5H3;5-10H,1-4H3;4-10H,1-3H3;1-8H;4*1H4. The minimum absolute atomic E-state index is 0. The predicted octanol–water partition coefficient (Wildman–Crippen LogP) is 18.0. The Balaban J connectivity index is 0.000000400. The molecule has 2 aromatic heterocycles. The molecule has 0 amide bonds. The molecule has 0 fully saturated rings. The van der Waals surface area contributed by atoms with Gasteiger partial charge in [-0.15, -0.1) is 0 Å². The number of benzene rings is 6. The van der Waals surface area contributed by atoms with E-state index in [2.05, 4.69) is 202 Å². The number of aryl methyl sites for hydroxylation is 3. The molecule has 0 unspecified atom stereocenters. The van der Waals surface area contributed by atoms with Crippen molar-refractivity contribution in [2.24, 2.45) is 0 Å². The van der Waals surface area contributed by atoms with E-state index in [1.165, 1.54) is 65.7 Å². The van der Waals surface area contributed by atoms with Crippen LogP contribution in [0.5, 0.6) is 0 Å². The van der Waals surface area contributed by atoms with E-state index in [1.54, 1.807) is 12.4 Å². The fourth-order valence-electron chi connectivity index (χ4n) is 7.10. The molecule has 61 heavy (non-hydrogen) atoms. The normalized spacial score (nSPS) is 10.8. The predicted molar refractivity (Wildman–Crippen MR) is 277 cm³/mol. The third-order valence-electron chi connectivity index (χ3n) is 10.5. The van der Waals surface area contributed by atoms with Crippen molar-refractivity contribution in [3.8, 4) is 11.4 Å². The lowest BCUT2D eigenvalue weighted by atomic mass is 9.81. The van der Waals surface area contributed by atoms with Crippen molar-refractivity contribution in [2.75, 3.05) is 0 Å². The van der Waals surface area contributed by atoms with Crippen LogP contribution in [-0.2, 0) is 16.2 Å². The van der Waals surface area contributed by atoms with E-state index < -0.39 is 0 Å². The van der Waals surface area contributed by atoms with Gasteiger partial charge in [0.2, 0.25) is 0 Å². The van der Waals surface area contributed by atoms with Gasteiger partial charge in [0, 0.05) is 12.4 Å². The van der Waals surface area contributed by atoms with Crippen LogP contribution >= 0.6 is 0 Å². The van der Waals surface area contributed by atoms with Gasteiger partial charge in [0.1, 0.15) is 0 Å². The molecule has 0 atom stereocenters. The van der Waals surface area contributed by atoms with Gasteiger partial charge in [-0.2, -0.15) is 0 Å². The molecule has 8 aromatic rings. The summed E-state index contributed by atoms with van der Waals surface area (Å²) in [6.45, 7) is 27.0. The number of rotatable bonds is 1. The molecule has 0 saturated heterocycles. The zero-order valence-electron chi connectivity index (χ0n) is 36.4. The van der Waals surface area contributed by atoms with Crippen LogP contribution in [0.3, 0.4) is 0 Å². The molecule has 0 aliphatic heterocycles. The maximum Gasteiger partial charge on any atom is 0.0886 e. The number of pyridine rings is 2. The first-order valence-electron chi connectivity index (χ1n) is 20.2. The Kier molecular flexibility index (Phi) is 20.0. The summed E-state index contributed by atoms with van der Waals surface area (Å²) in [6, 6.07) is 51.0. The molecule has 6 aromatic carbocycles. The quantitative estimate of drug-likeness (QED) is 0.165. The van der Waals surface area contributed by atoms with Crippen LogP contribution in [0.1, 0.15) is 125 Å². The van der Waals surface area contributed by atoms with Crippen molar-refractivity contribution in [1.82, 2.24) is 9.97 Å². The lowest BCUT2D eigenvalue weighted by molar-refractivity contribution is 0.586. The molecule has 324 valence electrons. The maximum atomic E-state index is 4.19. The Morgan fingerprint density at radius 2 is 0.770 bits per heavy atom. The van der Waals surface area contributed by atoms with Crippen LogP contribution in [0.25, 0.3) is 43.7 Å². The van der Waals surface area contributed by atoms with E-state index in [1.807, 2.05) is 36.4 Å². The summed E-state index contributed by atoms with van der Waals surface area (Å²) in [5, 5.41) is 8.15. The van der Waals surface area contributed by atoms with Crippen molar-refractivity contribution in [1.29, 1.82) is 0 Å². The van der Waals surface area contributed by atoms with Gasteiger partial charge in [0.25, 0.3) is 0 Å². The van der Waals surface area contributed by atoms with E-state index in [0.29, 0.717) is 0 Å². The van der Waals surface area contributed by atoms with E-state index in [4.69, 9.17) is 0 Å². The molecule has 2 heterocycles. The number of fused-ring (bicyclic) bond motifs is 3. The molecule has 0 bridgehead atoms. The Bertz CT molecular complexity index is 2490. The van der Waals surface area contributed by atoms with E-state index in [9.17, 15) is 0 Å². The molecule has 0 radical (unpaired) electrons. The van der Waals surface area contributed by atoms with Crippen LogP contribution in [0, 0.1) is 20.8 Å². The average molecular weight is 815 g/mol. The van der Waals surface area contributed by atoms with E-state index >= 15 is 0 Å². The fraction of sp³-hybridized carbons (Fsp3) is 0.322. The molecule has 0 saturated carbocycles. The molecule has 2 heteroatoms. The van der Waals surface area contributed by atoms with Crippen LogP contribution in [0.15, 0.2) is 158 Å². The van der Waals surface area contributed by atoms with Gasteiger partial charge in [-0.3, -0.25) is 9.97 Å². The molecule has 2 nitrogen and oxygen atoms in total. The van der Waals surface area contributed by atoms with Crippen molar-refractivity contribution < 1.29 is 0 Å². The number of hydrogen-bond acceptors (Lipinski definition) is 2. The van der Waals surface area contributed by atoms with Gasteiger partial charge in [-0.1, -0.05) is 213 Å². The molecule has 8 rings (SSSR count). The van der Waals surface area contributed by atoms with Gasteiger partial charge in [-0.05, 0) is 127 Å². The third-order valence-corrected chi connectivity index (χ3v) is 10.5. The third kappa shape index (κ3) is 14.2. The summed E-state index contributed by atoms with van der Waals surface area (Å²) in [5.41, 5.74) is 11.0. The molecule has 0 aliphatic carbocycles. The van der Waals surface area contributed by atoms with Crippen molar-refractivity contribution >= 4 is 32.3 Å². The van der Waals surface area contributed by atoms with E-state index in [0.717, 1.165) is 11.4 Å². The van der Waals surface area contributed by atoms with Gasteiger partial charge in [0.15, 0.2) is 0 Å². The molecule has 0 spiro atoms. The summed E-state index contributed by atoms with van der Waals surface area (Å²) >= 11 is 0.